The van der Waals surface area contributed by atoms with E-state index in [0.29, 0.717) is 19.6 Å². The Bertz CT molecular complexity index is 511. The molecule has 0 radical (unpaired) electrons. The maximum Gasteiger partial charge on any atom is 0.345 e. The Labute approximate surface area is 181 Å². The van der Waals surface area contributed by atoms with Gasteiger partial charge in [-0.15, -0.1) is 0 Å². The van der Waals surface area contributed by atoms with Crippen LogP contribution in [-0.4, -0.2) is 61.1 Å². The molecule has 15 nitrogen and oxygen atoms in total. The highest BCUT2D eigenvalue weighted by Crippen LogP contribution is 1.93. The summed E-state index contributed by atoms with van der Waals surface area (Å²) in [4.78, 5) is 49.3. The van der Waals surface area contributed by atoms with Crippen LogP contribution >= 0.6 is 0 Å². The standard InChI is InChI=1S/C8H21N7O2.3C2H3FO2/c9-3-5-12-6-7(10)2-1-4-13-8(11)14-15(16)17;3*1-2(4)5-3/h7,12H,1-6,9-10H2,(H3,11,13,14);3*1H3/t7-;;;/m0.../s1. The first-order chi connectivity index (χ1) is 14.9. The molecule has 0 spiro atoms. The third-order valence-electron chi connectivity index (χ3n) is 2.27. The van der Waals surface area contributed by atoms with Crippen molar-refractivity contribution in [2.24, 2.45) is 22.2 Å². The van der Waals surface area contributed by atoms with E-state index in [9.17, 15) is 38.1 Å². The zero-order valence-electron chi connectivity index (χ0n) is 17.8. The number of nitro groups is 1. The van der Waals surface area contributed by atoms with Gasteiger partial charge in [0.2, 0.25) is 0 Å². The average molecular weight is 481 g/mol. The Balaban J connectivity index is -0.000000212. The Kier molecular flexibility index (Phi) is 31.3. The first kappa shape index (κ1) is 36.1. The minimum absolute atomic E-state index is 0.0291. The molecular formula is C14H30F3N7O8. The predicted octanol–water partition coefficient (Wildman–Crippen LogP) is -0.960. The van der Waals surface area contributed by atoms with E-state index in [1.54, 1.807) is 5.43 Å². The fraction of sp³-hybridized carbons (Fsp3) is 0.714. The highest BCUT2D eigenvalue weighted by Gasteiger charge is 2.02. The van der Waals surface area contributed by atoms with Crippen LogP contribution in [0.5, 0.6) is 0 Å². The minimum Gasteiger partial charge on any atom is -0.365 e. The second kappa shape index (κ2) is 27.8. The molecule has 190 valence electrons. The van der Waals surface area contributed by atoms with Crippen LogP contribution in [0.2, 0.25) is 0 Å². The monoisotopic (exact) mass is 481 g/mol. The molecule has 0 aromatic carbocycles. The van der Waals surface area contributed by atoms with Crippen LogP contribution in [0, 0.1) is 10.1 Å². The number of nitrogens with zero attached hydrogens (tertiary/aromatic N) is 2. The summed E-state index contributed by atoms with van der Waals surface area (Å²) in [5, 5.41) is 12.3. The summed E-state index contributed by atoms with van der Waals surface area (Å²) in [5.41, 5.74) is 18.1. The number of aliphatic imine (C=N–C) groups is 1. The molecule has 0 bridgehead atoms. The molecular weight excluding hydrogens is 451 g/mol. The largest absolute Gasteiger partial charge is 0.365 e. The second-order valence-corrected chi connectivity index (χ2v) is 5.24. The van der Waals surface area contributed by atoms with Crippen LogP contribution in [0.15, 0.2) is 4.99 Å². The third-order valence-corrected chi connectivity index (χ3v) is 2.27. The predicted molar refractivity (Wildman–Crippen MR) is 104 cm³/mol. The van der Waals surface area contributed by atoms with Crippen LogP contribution < -0.4 is 27.9 Å². The highest BCUT2D eigenvalue weighted by molar-refractivity contribution is 5.76. The lowest BCUT2D eigenvalue weighted by atomic mass is 10.1. The second-order valence-electron chi connectivity index (χ2n) is 5.24. The molecule has 0 saturated heterocycles. The first-order valence-corrected chi connectivity index (χ1v) is 8.62. The van der Waals surface area contributed by atoms with E-state index in [1.807, 2.05) is 0 Å². The summed E-state index contributed by atoms with van der Waals surface area (Å²) < 4.78 is 30.8. The molecule has 0 fully saturated rings. The van der Waals surface area contributed by atoms with Crippen LogP contribution in [0.1, 0.15) is 33.6 Å². The fourth-order valence-electron chi connectivity index (χ4n) is 1.17. The van der Waals surface area contributed by atoms with Gasteiger partial charge in [-0.25, -0.2) is 29.5 Å². The molecule has 0 aromatic rings. The number of carbonyl (C=O) groups excluding carboxylic acids is 3. The summed E-state index contributed by atoms with van der Waals surface area (Å²) in [6.07, 6.45) is 1.50. The molecule has 0 aliphatic carbocycles. The summed E-state index contributed by atoms with van der Waals surface area (Å²) in [7, 11) is 0. The van der Waals surface area contributed by atoms with E-state index >= 15 is 0 Å². The van der Waals surface area contributed by atoms with Gasteiger partial charge < -0.3 is 22.5 Å². The smallest absolute Gasteiger partial charge is 0.345 e. The number of hydrazine groups is 1. The summed E-state index contributed by atoms with van der Waals surface area (Å²) in [6, 6.07) is 0.0291. The van der Waals surface area contributed by atoms with Crippen LogP contribution in [0.25, 0.3) is 0 Å². The lowest BCUT2D eigenvalue weighted by Gasteiger charge is -2.11. The zero-order chi connectivity index (χ0) is 25.9. The zero-order valence-corrected chi connectivity index (χ0v) is 17.8. The van der Waals surface area contributed by atoms with Gasteiger partial charge in [-0.2, -0.15) is 0 Å². The highest BCUT2D eigenvalue weighted by atomic mass is 19.3. The van der Waals surface area contributed by atoms with Crippen molar-refractivity contribution in [1.82, 2.24) is 10.7 Å². The minimum atomic E-state index is -0.912. The van der Waals surface area contributed by atoms with Crippen molar-refractivity contribution in [3.63, 3.8) is 0 Å². The molecule has 0 aromatic heterocycles. The fourth-order valence-corrected chi connectivity index (χ4v) is 1.17. The Hall–Kier alpha value is -3.25. The van der Waals surface area contributed by atoms with E-state index in [4.69, 9.17) is 17.2 Å². The summed E-state index contributed by atoms with van der Waals surface area (Å²) >= 11 is 0. The topological polar surface area (TPSA) is 237 Å². The SMILES string of the molecule is CC(=O)OF.CC(=O)OF.CC(=O)OF.NCCNC[C@@H](N)CCCN=C(N)N[N+](=O)[O-]. The maximum atomic E-state index is 10.3. The van der Waals surface area contributed by atoms with Crippen molar-refractivity contribution in [2.45, 2.75) is 39.7 Å². The van der Waals surface area contributed by atoms with Gasteiger partial charge in [-0.1, -0.05) is 5.43 Å². The van der Waals surface area contributed by atoms with Crippen LogP contribution in [0.3, 0.4) is 0 Å². The van der Waals surface area contributed by atoms with Gasteiger partial charge in [0, 0.05) is 66.6 Å². The maximum absolute atomic E-state index is 10.3. The third kappa shape index (κ3) is 50.5. The van der Waals surface area contributed by atoms with Crippen molar-refractivity contribution in [1.29, 1.82) is 0 Å². The van der Waals surface area contributed by atoms with Crippen molar-refractivity contribution in [3.8, 4) is 0 Å². The van der Waals surface area contributed by atoms with E-state index in [1.165, 1.54) is 0 Å². The van der Waals surface area contributed by atoms with Gasteiger partial charge >= 0.3 is 17.9 Å². The lowest BCUT2D eigenvalue weighted by Crippen LogP contribution is -2.37. The number of nitrogens with one attached hydrogen (secondary N) is 2. The number of hydrogen-bond donors (Lipinski definition) is 5. The first-order valence-electron chi connectivity index (χ1n) is 8.62. The number of halogens is 3. The van der Waals surface area contributed by atoms with Crippen LogP contribution in [-0.2, 0) is 29.2 Å². The normalized spacial score (nSPS) is 10.3. The van der Waals surface area contributed by atoms with Crippen molar-refractivity contribution in [2.75, 3.05) is 26.2 Å². The molecule has 8 N–H and O–H groups in total. The van der Waals surface area contributed by atoms with Crippen molar-refractivity contribution in [3.05, 3.63) is 10.1 Å². The van der Waals surface area contributed by atoms with E-state index < -0.39 is 22.9 Å². The van der Waals surface area contributed by atoms with Crippen LogP contribution in [0.4, 0.5) is 13.6 Å². The molecule has 0 unspecified atom stereocenters. The molecule has 18 heteroatoms. The Morgan fingerprint density at radius 2 is 1.47 bits per heavy atom. The quantitative estimate of drug-likeness (QED) is 0.0878. The van der Waals surface area contributed by atoms with E-state index in [2.05, 4.69) is 25.1 Å². The van der Waals surface area contributed by atoms with E-state index in [0.717, 1.165) is 40.2 Å². The van der Waals surface area contributed by atoms with Crippen molar-refractivity contribution < 1.29 is 47.8 Å². The summed E-state index contributed by atoms with van der Waals surface area (Å²) in [6.45, 7) is 5.40. The van der Waals surface area contributed by atoms with Gasteiger partial charge in [0.25, 0.3) is 5.96 Å². The van der Waals surface area contributed by atoms with Crippen molar-refractivity contribution >= 4 is 23.9 Å². The molecule has 1 atom stereocenters. The Morgan fingerprint density at radius 3 is 1.78 bits per heavy atom. The molecule has 0 amide bonds. The van der Waals surface area contributed by atoms with Gasteiger partial charge in [-0.05, 0) is 12.8 Å². The Morgan fingerprint density at radius 1 is 1.06 bits per heavy atom. The molecule has 32 heavy (non-hydrogen) atoms. The van der Waals surface area contributed by atoms with Gasteiger partial charge in [0.1, 0.15) is 0 Å². The molecule has 0 rings (SSSR count). The van der Waals surface area contributed by atoms with E-state index in [-0.39, 0.29) is 12.0 Å². The molecule has 0 aliphatic rings. The molecule has 0 aliphatic heterocycles. The number of guanidine groups is 1. The van der Waals surface area contributed by atoms with Gasteiger partial charge in [0.15, 0.2) is 5.03 Å². The van der Waals surface area contributed by atoms with Gasteiger partial charge in [0.05, 0.1) is 0 Å². The number of hydrogen-bond acceptors (Lipinski definition) is 12. The molecule has 0 saturated carbocycles. The average Bonchev–Trinajstić information content (AvgIpc) is 2.72. The number of carbonyl (C=O) groups is 3. The number of nitrogens with two attached hydrogens (primary N) is 3. The van der Waals surface area contributed by atoms with Gasteiger partial charge in [-0.3, -0.25) is 14.8 Å². The lowest BCUT2D eigenvalue weighted by molar-refractivity contribution is -0.525. The number of rotatable bonds is 9. The molecule has 0 heterocycles. The summed E-state index contributed by atoms with van der Waals surface area (Å²) in [5.74, 6) is -2.93.